The summed E-state index contributed by atoms with van der Waals surface area (Å²) < 4.78 is 16.8. The molecule has 0 aliphatic heterocycles. The zero-order valence-corrected chi connectivity index (χ0v) is 21.3. The van der Waals surface area contributed by atoms with E-state index >= 15 is 0 Å². The number of rotatable bonds is 12. The lowest BCUT2D eigenvalue weighted by atomic mass is 10.4. The van der Waals surface area contributed by atoms with Crippen LogP contribution in [0.4, 0.5) is 0 Å². The molecule has 2 rings (SSSR count). The Kier molecular flexibility index (Phi) is 9.75. The van der Waals surface area contributed by atoms with Crippen LogP contribution in [-0.4, -0.2) is 80.3 Å². The van der Waals surface area contributed by atoms with Crippen molar-refractivity contribution in [3.05, 3.63) is 83.5 Å². The Bertz CT molecular complexity index is 749. The molecule has 0 aromatic heterocycles. The van der Waals surface area contributed by atoms with E-state index in [1.54, 1.807) is 21.3 Å². The monoisotopic (exact) mass is 476 g/mol. The Labute approximate surface area is 187 Å². The highest BCUT2D eigenvalue weighted by molar-refractivity contribution is 7.10. The summed E-state index contributed by atoms with van der Waals surface area (Å²) in [5, 5.41) is 32.0. The van der Waals surface area contributed by atoms with Gasteiger partial charge in [-0.3, -0.25) is 0 Å². The molecule has 0 atom stereocenters. The van der Waals surface area contributed by atoms with Gasteiger partial charge >= 0.3 is 8.80 Å². The van der Waals surface area contributed by atoms with Crippen molar-refractivity contribution in [2.24, 2.45) is 0 Å². The van der Waals surface area contributed by atoms with Crippen LogP contribution in [0.1, 0.15) is 0 Å². The van der Waals surface area contributed by atoms with Crippen LogP contribution in [0.2, 0.25) is 0 Å². The van der Waals surface area contributed by atoms with Crippen molar-refractivity contribution in [3.8, 4) is 0 Å². The van der Waals surface area contributed by atoms with Crippen molar-refractivity contribution in [2.45, 2.75) is 0 Å². The second kappa shape index (κ2) is 11.8. The summed E-state index contributed by atoms with van der Waals surface area (Å²) in [6.45, 7) is 0. The molecule has 2 aromatic rings. The third kappa shape index (κ3) is 5.77. The first-order chi connectivity index (χ1) is 15.0. The minimum absolute atomic E-state index is 0.235. The van der Waals surface area contributed by atoms with Gasteiger partial charge in [-0.25, -0.2) is 0 Å². The van der Waals surface area contributed by atoms with Crippen LogP contribution < -0.4 is 10.4 Å². The fourth-order valence-electron chi connectivity index (χ4n) is 3.34. The molecule has 0 unspecified atom stereocenters. The maximum Gasteiger partial charge on any atom is 0.528 e. The van der Waals surface area contributed by atoms with Crippen LogP contribution in [0, 0.1) is 0 Å². The predicted octanol–water partition coefficient (Wildman–Crippen LogP) is 0.440. The highest BCUT2D eigenvalue weighted by Crippen LogP contribution is 2.16. The van der Waals surface area contributed by atoms with Crippen molar-refractivity contribution in [1.82, 2.24) is 0 Å². The Balaban J connectivity index is 2.80. The van der Waals surface area contributed by atoms with Crippen LogP contribution in [0.25, 0.3) is 0 Å². The van der Waals surface area contributed by atoms with E-state index in [0.29, 0.717) is 0 Å². The molecule has 6 nitrogen and oxygen atoms in total. The molecular weight excluding hydrogens is 444 g/mol. The summed E-state index contributed by atoms with van der Waals surface area (Å²) in [5.41, 5.74) is 7.97. The van der Waals surface area contributed by atoms with Crippen LogP contribution >= 0.6 is 0 Å². The van der Waals surface area contributed by atoms with Gasteiger partial charge in [0.05, 0.1) is 0 Å². The molecular formula is C22H32O6Si3. The Morgan fingerprint density at radius 1 is 0.613 bits per heavy atom. The van der Waals surface area contributed by atoms with Crippen molar-refractivity contribution in [2.75, 3.05) is 40.0 Å². The second-order valence-electron chi connectivity index (χ2n) is 7.32. The lowest BCUT2D eigenvalue weighted by molar-refractivity contribution is 0.138. The molecule has 0 aliphatic carbocycles. The highest BCUT2D eigenvalue weighted by atomic mass is 28.4. The molecule has 0 saturated carbocycles. The summed E-state index contributed by atoms with van der Waals surface area (Å²) in [5.74, 6) is 0. The van der Waals surface area contributed by atoms with E-state index in [-0.39, 0.29) is 18.7 Å². The molecule has 0 spiro atoms. The first kappa shape index (κ1) is 25.6. The quantitative estimate of drug-likeness (QED) is 0.385. The molecule has 0 radical (unpaired) electrons. The van der Waals surface area contributed by atoms with Crippen molar-refractivity contribution in [3.63, 3.8) is 0 Å². The molecule has 31 heavy (non-hydrogen) atoms. The van der Waals surface area contributed by atoms with E-state index in [2.05, 4.69) is 35.7 Å². The van der Waals surface area contributed by atoms with Gasteiger partial charge in [0.25, 0.3) is 0 Å². The number of hydrogen-bond acceptors (Lipinski definition) is 6. The van der Waals surface area contributed by atoms with Gasteiger partial charge in [0.1, 0.15) is 0 Å². The summed E-state index contributed by atoms with van der Waals surface area (Å²) in [4.78, 5) is 0. The lowest BCUT2D eigenvalue weighted by Crippen LogP contribution is -2.58. The molecule has 0 aliphatic rings. The highest BCUT2D eigenvalue weighted by Gasteiger charge is 2.40. The largest absolute Gasteiger partial charge is 0.528 e. The van der Waals surface area contributed by atoms with Crippen molar-refractivity contribution < 1.29 is 28.6 Å². The second-order valence-corrected chi connectivity index (χ2v) is 17.7. The van der Waals surface area contributed by atoms with Gasteiger partial charge in [0.2, 0.25) is 0 Å². The standard InChI is InChI=1S/C22H32O6Si3/c1-26-31(27-2,28-3)17-16-30(21-10-6-4-7-11-21,22-12-8-5-9-13-22)15-14-29(18-23,19-24)20-25/h4-17,23-25H,18-20H2,1-3H3. The summed E-state index contributed by atoms with van der Waals surface area (Å²) in [7, 11) is -3.83. The van der Waals surface area contributed by atoms with E-state index in [1.165, 1.54) is 0 Å². The number of hydrogen-bond donors (Lipinski definition) is 3. The molecule has 2 aromatic carbocycles. The predicted molar refractivity (Wildman–Crippen MR) is 130 cm³/mol. The molecule has 0 amide bonds. The summed E-state index contributed by atoms with van der Waals surface area (Å²) >= 11 is 0. The molecule has 168 valence electrons. The maximum atomic E-state index is 9.92. The number of benzene rings is 2. The van der Waals surface area contributed by atoms with Gasteiger partial charge in [0, 0.05) is 40.0 Å². The van der Waals surface area contributed by atoms with Gasteiger partial charge in [-0.15, -0.1) is 0 Å². The fourth-order valence-corrected chi connectivity index (χ4v) is 11.9. The third-order valence-corrected chi connectivity index (χ3v) is 15.2. The van der Waals surface area contributed by atoms with E-state index < -0.39 is 25.0 Å². The van der Waals surface area contributed by atoms with Crippen LogP contribution in [0.3, 0.4) is 0 Å². The molecule has 9 heteroatoms. The maximum absolute atomic E-state index is 9.92. The average Bonchev–Trinajstić information content (AvgIpc) is 2.86. The molecule has 0 saturated heterocycles. The zero-order chi connectivity index (χ0) is 22.8. The third-order valence-electron chi connectivity index (χ3n) is 5.55. The number of aliphatic hydroxyl groups is 3. The van der Waals surface area contributed by atoms with Gasteiger partial charge in [-0.05, 0) is 16.1 Å². The minimum Gasteiger partial charge on any atom is -0.399 e. The normalized spacial score (nSPS) is 13.4. The van der Waals surface area contributed by atoms with Gasteiger partial charge < -0.3 is 28.6 Å². The summed E-state index contributed by atoms with van der Waals surface area (Å²) in [6.07, 6.45) is -0.705. The van der Waals surface area contributed by atoms with Crippen molar-refractivity contribution >= 4 is 35.3 Å². The molecule has 0 fully saturated rings. The first-order valence-electron chi connectivity index (χ1n) is 9.99. The molecule has 0 bridgehead atoms. The molecule has 3 N–H and O–H groups in total. The fraction of sp³-hybridized carbons (Fsp3) is 0.273. The van der Waals surface area contributed by atoms with Gasteiger partial charge in [0.15, 0.2) is 16.1 Å². The Hall–Kier alpha value is -1.67. The van der Waals surface area contributed by atoms with E-state index in [0.717, 1.165) is 10.4 Å². The topological polar surface area (TPSA) is 88.4 Å². The first-order valence-corrected chi connectivity index (χ1v) is 16.6. The average molecular weight is 477 g/mol. The SMILES string of the molecule is CO[Si](C=C[Si](C=C[Si](CO)(CO)CO)(c1ccccc1)c1ccccc1)(OC)OC. The molecule has 0 heterocycles. The van der Waals surface area contributed by atoms with Crippen molar-refractivity contribution in [1.29, 1.82) is 0 Å². The Morgan fingerprint density at radius 2 is 1.00 bits per heavy atom. The van der Waals surface area contributed by atoms with E-state index in [9.17, 15) is 15.3 Å². The van der Waals surface area contributed by atoms with Crippen LogP contribution in [0.5, 0.6) is 0 Å². The van der Waals surface area contributed by atoms with Gasteiger partial charge in [-0.1, -0.05) is 77.8 Å². The van der Waals surface area contributed by atoms with Crippen LogP contribution in [0.15, 0.2) is 83.5 Å². The summed E-state index contributed by atoms with van der Waals surface area (Å²) in [6, 6.07) is 20.2. The minimum atomic E-state index is -3.01. The lowest BCUT2D eigenvalue weighted by Gasteiger charge is -2.30. The Morgan fingerprint density at radius 3 is 1.35 bits per heavy atom. The van der Waals surface area contributed by atoms with Gasteiger partial charge in [-0.2, -0.15) is 0 Å². The number of aliphatic hydroxyl groups excluding tert-OH is 3. The van der Waals surface area contributed by atoms with Crippen LogP contribution in [-0.2, 0) is 13.3 Å². The smallest absolute Gasteiger partial charge is 0.399 e. The van der Waals surface area contributed by atoms with E-state index in [4.69, 9.17) is 13.3 Å². The van der Waals surface area contributed by atoms with E-state index in [1.807, 2.05) is 47.8 Å². The zero-order valence-electron chi connectivity index (χ0n) is 18.3.